The fourth-order valence-corrected chi connectivity index (χ4v) is 2.73. The molecule has 2 rings (SSSR count). The number of benzene rings is 1. The minimum Gasteiger partial charge on any atom is -0.481 e. The summed E-state index contributed by atoms with van der Waals surface area (Å²) in [7, 11) is 0. The number of hydrogen-bond acceptors (Lipinski definition) is 3. The molecule has 19 heavy (non-hydrogen) atoms. The standard InChI is InChI=1S/C14H17NO3S/c1-19-7-6-13(16)15-8-10-4-2-3-5-11(10)12(9-15)14(17)18/h2-5,12H,6-9H2,1H3,(H,17,18). The smallest absolute Gasteiger partial charge is 0.312 e. The Hall–Kier alpha value is -1.49. The quantitative estimate of drug-likeness (QED) is 0.915. The summed E-state index contributed by atoms with van der Waals surface area (Å²) in [6.45, 7) is 0.798. The average Bonchev–Trinajstić information content (AvgIpc) is 2.43. The molecule has 1 aromatic carbocycles. The average molecular weight is 279 g/mol. The van der Waals surface area contributed by atoms with E-state index in [1.165, 1.54) is 0 Å². The van der Waals surface area contributed by atoms with E-state index in [4.69, 9.17) is 0 Å². The zero-order chi connectivity index (χ0) is 13.8. The molecule has 0 spiro atoms. The van der Waals surface area contributed by atoms with Crippen LogP contribution in [-0.4, -0.2) is 40.4 Å². The Morgan fingerprint density at radius 3 is 2.84 bits per heavy atom. The molecule has 0 bridgehead atoms. The highest BCUT2D eigenvalue weighted by molar-refractivity contribution is 7.98. The van der Waals surface area contributed by atoms with Crippen molar-refractivity contribution in [2.24, 2.45) is 0 Å². The van der Waals surface area contributed by atoms with Crippen molar-refractivity contribution in [2.75, 3.05) is 18.6 Å². The molecule has 0 saturated heterocycles. The fraction of sp³-hybridized carbons (Fsp3) is 0.429. The number of carbonyl (C=O) groups excluding carboxylic acids is 1. The van der Waals surface area contributed by atoms with Gasteiger partial charge < -0.3 is 10.0 Å². The number of carboxylic acid groups (broad SMARTS) is 1. The second-order valence-electron chi connectivity index (χ2n) is 4.61. The molecule has 1 unspecified atom stereocenters. The lowest BCUT2D eigenvalue weighted by atomic mass is 9.89. The molecule has 102 valence electrons. The third kappa shape index (κ3) is 3.10. The second kappa shape index (κ2) is 6.10. The van der Waals surface area contributed by atoms with Crippen molar-refractivity contribution in [3.63, 3.8) is 0 Å². The Morgan fingerprint density at radius 1 is 1.42 bits per heavy atom. The molecule has 1 amide bonds. The molecular weight excluding hydrogens is 262 g/mol. The van der Waals surface area contributed by atoms with Crippen LogP contribution in [0.3, 0.4) is 0 Å². The molecule has 4 nitrogen and oxygen atoms in total. The van der Waals surface area contributed by atoms with Gasteiger partial charge in [-0.2, -0.15) is 11.8 Å². The van der Waals surface area contributed by atoms with E-state index >= 15 is 0 Å². The molecule has 1 atom stereocenters. The first-order valence-corrected chi connectivity index (χ1v) is 7.60. The third-order valence-corrected chi connectivity index (χ3v) is 3.98. The summed E-state index contributed by atoms with van der Waals surface area (Å²) >= 11 is 1.62. The molecular formula is C14H17NO3S. The van der Waals surface area contributed by atoms with Crippen LogP contribution in [0.1, 0.15) is 23.5 Å². The molecule has 1 aliphatic heterocycles. The fourth-order valence-electron chi connectivity index (χ4n) is 2.36. The Bertz CT molecular complexity index is 489. The molecule has 0 aliphatic carbocycles. The van der Waals surface area contributed by atoms with E-state index in [1.54, 1.807) is 16.7 Å². The van der Waals surface area contributed by atoms with Gasteiger partial charge in [0.05, 0.1) is 5.92 Å². The maximum absolute atomic E-state index is 12.1. The van der Waals surface area contributed by atoms with Gasteiger partial charge in [0.1, 0.15) is 0 Å². The minimum absolute atomic E-state index is 0.0371. The second-order valence-corrected chi connectivity index (χ2v) is 5.59. The zero-order valence-corrected chi connectivity index (χ0v) is 11.7. The number of nitrogens with zero attached hydrogens (tertiary/aromatic N) is 1. The van der Waals surface area contributed by atoms with Crippen LogP contribution in [0.25, 0.3) is 0 Å². The SMILES string of the molecule is CSCCC(=O)N1Cc2ccccc2C(C(=O)O)C1. The number of carbonyl (C=O) groups is 2. The topological polar surface area (TPSA) is 57.6 Å². The summed E-state index contributed by atoms with van der Waals surface area (Å²) < 4.78 is 0. The van der Waals surface area contributed by atoms with E-state index < -0.39 is 11.9 Å². The van der Waals surface area contributed by atoms with Crippen molar-refractivity contribution in [1.82, 2.24) is 4.90 Å². The van der Waals surface area contributed by atoms with Gasteiger partial charge in [0, 0.05) is 25.3 Å². The number of rotatable bonds is 4. The number of hydrogen-bond donors (Lipinski definition) is 1. The highest BCUT2D eigenvalue weighted by atomic mass is 32.2. The molecule has 0 fully saturated rings. The number of amides is 1. The van der Waals surface area contributed by atoms with Crippen LogP contribution in [-0.2, 0) is 16.1 Å². The molecule has 5 heteroatoms. The third-order valence-electron chi connectivity index (χ3n) is 3.37. The van der Waals surface area contributed by atoms with Crippen molar-refractivity contribution in [2.45, 2.75) is 18.9 Å². The summed E-state index contributed by atoms with van der Waals surface area (Å²) in [6.07, 6.45) is 2.43. The largest absolute Gasteiger partial charge is 0.481 e. The summed E-state index contributed by atoms with van der Waals surface area (Å²) in [5.41, 5.74) is 1.78. The van der Waals surface area contributed by atoms with Gasteiger partial charge in [0.15, 0.2) is 0 Å². The van der Waals surface area contributed by atoms with Crippen LogP contribution in [0.4, 0.5) is 0 Å². The molecule has 1 N–H and O–H groups in total. The Morgan fingerprint density at radius 2 is 2.16 bits per heavy atom. The van der Waals surface area contributed by atoms with Gasteiger partial charge in [-0.3, -0.25) is 9.59 Å². The van der Waals surface area contributed by atoms with E-state index in [0.29, 0.717) is 13.0 Å². The summed E-state index contributed by atoms with van der Waals surface area (Å²) in [4.78, 5) is 25.1. The lowest BCUT2D eigenvalue weighted by Crippen LogP contribution is -2.40. The van der Waals surface area contributed by atoms with Crippen LogP contribution in [0.2, 0.25) is 0 Å². The normalized spacial score (nSPS) is 17.9. The first kappa shape index (κ1) is 13.9. The highest BCUT2D eigenvalue weighted by Gasteiger charge is 2.31. The number of carboxylic acids is 1. The van der Waals surface area contributed by atoms with Crippen LogP contribution >= 0.6 is 11.8 Å². The lowest BCUT2D eigenvalue weighted by Gasteiger charge is -2.32. The van der Waals surface area contributed by atoms with E-state index in [1.807, 2.05) is 30.5 Å². The highest BCUT2D eigenvalue weighted by Crippen LogP contribution is 2.28. The van der Waals surface area contributed by atoms with Gasteiger partial charge in [-0.15, -0.1) is 0 Å². The molecule has 1 aromatic rings. The van der Waals surface area contributed by atoms with Crippen molar-refractivity contribution in [3.05, 3.63) is 35.4 Å². The van der Waals surface area contributed by atoms with Gasteiger partial charge >= 0.3 is 5.97 Å². The lowest BCUT2D eigenvalue weighted by molar-refractivity contribution is -0.141. The maximum Gasteiger partial charge on any atom is 0.312 e. The van der Waals surface area contributed by atoms with Gasteiger partial charge in [-0.25, -0.2) is 0 Å². The first-order chi connectivity index (χ1) is 9.13. The van der Waals surface area contributed by atoms with Crippen molar-refractivity contribution in [3.8, 4) is 0 Å². The van der Waals surface area contributed by atoms with Crippen LogP contribution < -0.4 is 0 Å². The van der Waals surface area contributed by atoms with Gasteiger partial charge in [0.2, 0.25) is 5.91 Å². The van der Waals surface area contributed by atoms with Crippen LogP contribution in [0, 0.1) is 0 Å². The van der Waals surface area contributed by atoms with Gasteiger partial charge in [0.25, 0.3) is 0 Å². The molecule has 0 aromatic heterocycles. The van der Waals surface area contributed by atoms with Crippen LogP contribution in [0.5, 0.6) is 0 Å². The van der Waals surface area contributed by atoms with E-state index in [0.717, 1.165) is 16.9 Å². The molecule has 1 heterocycles. The Labute approximate surface area is 116 Å². The maximum atomic E-state index is 12.1. The predicted molar refractivity (Wildman–Crippen MR) is 75.2 cm³/mol. The first-order valence-electron chi connectivity index (χ1n) is 6.20. The predicted octanol–water partition coefficient (Wildman–Crippen LogP) is 1.95. The van der Waals surface area contributed by atoms with Gasteiger partial charge in [-0.05, 0) is 17.4 Å². The Balaban J connectivity index is 2.20. The van der Waals surface area contributed by atoms with E-state index in [-0.39, 0.29) is 12.5 Å². The van der Waals surface area contributed by atoms with E-state index in [2.05, 4.69) is 0 Å². The van der Waals surface area contributed by atoms with Gasteiger partial charge in [-0.1, -0.05) is 24.3 Å². The summed E-state index contributed by atoms with van der Waals surface area (Å²) in [6, 6.07) is 7.48. The number of fused-ring (bicyclic) bond motifs is 1. The number of aliphatic carboxylic acids is 1. The van der Waals surface area contributed by atoms with E-state index in [9.17, 15) is 14.7 Å². The van der Waals surface area contributed by atoms with Crippen molar-refractivity contribution < 1.29 is 14.7 Å². The summed E-state index contributed by atoms with van der Waals surface area (Å²) in [5, 5.41) is 9.32. The zero-order valence-electron chi connectivity index (χ0n) is 10.8. The number of thioether (sulfide) groups is 1. The van der Waals surface area contributed by atoms with Crippen molar-refractivity contribution in [1.29, 1.82) is 0 Å². The monoisotopic (exact) mass is 279 g/mol. The molecule has 1 aliphatic rings. The summed E-state index contributed by atoms with van der Waals surface area (Å²) in [5.74, 6) is -0.664. The van der Waals surface area contributed by atoms with Crippen LogP contribution in [0.15, 0.2) is 24.3 Å². The Kier molecular flexibility index (Phi) is 4.47. The molecule has 0 radical (unpaired) electrons. The molecule has 0 saturated carbocycles. The minimum atomic E-state index is -0.866. The van der Waals surface area contributed by atoms with Crippen molar-refractivity contribution >= 4 is 23.6 Å².